The summed E-state index contributed by atoms with van der Waals surface area (Å²) >= 11 is 12.5. The Bertz CT molecular complexity index is 1000. The van der Waals surface area contributed by atoms with Crippen LogP contribution in [0.5, 0.6) is 0 Å². The van der Waals surface area contributed by atoms with E-state index < -0.39 is 0 Å². The molecular weight excluding hydrogens is 436 g/mol. The lowest BCUT2D eigenvalue weighted by molar-refractivity contribution is -0.122. The number of carbonyl (C=O) groups excluding carboxylic acids is 2. The standard InChI is InChI=1S/C23H21ClN2O2S2/c1-16(14-17-6-3-2-4-7-17)15-20-22(28)26(23(29)30-20)13-5-8-21(27)25-19-11-9-18(24)10-12-19/h2-4,6-7,9-12,14-15H,5,8,13H2,1H3,(H,25,27). The number of hydrogen-bond acceptors (Lipinski definition) is 4. The fraction of sp³-hybridized carbons (Fsp3) is 0.174. The van der Waals surface area contributed by atoms with Crippen LogP contribution in [0.4, 0.5) is 5.69 Å². The fourth-order valence-electron chi connectivity index (χ4n) is 2.91. The summed E-state index contributed by atoms with van der Waals surface area (Å²) in [7, 11) is 0. The Balaban J connectivity index is 1.52. The van der Waals surface area contributed by atoms with Gasteiger partial charge >= 0.3 is 0 Å². The molecule has 2 aromatic carbocycles. The monoisotopic (exact) mass is 456 g/mol. The van der Waals surface area contributed by atoms with Crippen LogP contribution in [0.15, 0.2) is 71.2 Å². The van der Waals surface area contributed by atoms with Crippen molar-refractivity contribution in [3.63, 3.8) is 0 Å². The molecule has 7 heteroatoms. The van der Waals surface area contributed by atoms with E-state index in [9.17, 15) is 9.59 Å². The van der Waals surface area contributed by atoms with E-state index in [1.807, 2.05) is 49.4 Å². The van der Waals surface area contributed by atoms with Crippen molar-refractivity contribution in [3.8, 4) is 0 Å². The van der Waals surface area contributed by atoms with Gasteiger partial charge in [-0.15, -0.1) is 0 Å². The quantitative estimate of drug-likeness (QED) is 0.416. The summed E-state index contributed by atoms with van der Waals surface area (Å²) in [5.74, 6) is -0.219. The molecule has 2 aromatic rings. The molecule has 1 saturated heterocycles. The number of rotatable bonds is 7. The first kappa shape index (κ1) is 22.3. The van der Waals surface area contributed by atoms with Crippen LogP contribution >= 0.6 is 35.6 Å². The van der Waals surface area contributed by atoms with Gasteiger partial charge in [-0.2, -0.15) is 0 Å². The Morgan fingerprint density at radius 2 is 1.87 bits per heavy atom. The summed E-state index contributed by atoms with van der Waals surface area (Å²) in [6.45, 7) is 2.37. The Morgan fingerprint density at radius 3 is 2.57 bits per heavy atom. The second kappa shape index (κ2) is 10.6. The van der Waals surface area contributed by atoms with Gasteiger partial charge in [-0.25, -0.2) is 0 Å². The van der Waals surface area contributed by atoms with Crippen LogP contribution in [0, 0.1) is 0 Å². The highest BCUT2D eigenvalue weighted by atomic mass is 35.5. The van der Waals surface area contributed by atoms with Crippen LogP contribution in [0.2, 0.25) is 5.02 Å². The Labute approximate surface area is 191 Å². The molecule has 0 spiro atoms. The zero-order valence-electron chi connectivity index (χ0n) is 16.4. The molecule has 0 bridgehead atoms. The molecule has 0 atom stereocenters. The maximum Gasteiger partial charge on any atom is 0.266 e. The number of nitrogens with zero attached hydrogens (tertiary/aromatic N) is 1. The maximum absolute atomic E-state index is 12.7. The van der Waals surface area contributed by atoms with Gasteiger partial charge < -0.3 is 5.32 Å². The third-order valence-corrected chi connectivity index (χ3v) is 5.97. The largest absolute Gasteiger partial charge is 0.326 e. The van der Waals surface area contributed by atoms with Crippen LogP contribution in [-0.2, 0) is 9.59 Å². The normalized spacial score (nSPS) is 15.7. The maximum atomic E-state index is 12.7. The molecule has 2 amide bonds. The van der Waals surface area contributed by atoms with Crippen molar-refractivity contribution in [2.45, 2.75) is 19.8 Å². The SMILES string of the molecule is CC(=Cc1ccccc1)C=C1SC(=S)N(CCCC(=O)Nc2ccc(Cl)cc2)C1=O. The minimum Gasteiger partial charge on any atom is -0.326 e. The predicted molar refractivity (Wildman–Crippen MR) is 129 cm³/mol. The van der Waals surface area contributed by atoms with E-state index in [4.69, 9.17) is 23.8 Å². The molecule has 0 aromatic heterocycles. The van der Waals surface area contributed by atoms with E-state index in [1.165, 1.54) is 11.8 Å². The van der Waals surface area contributed by atoms with Gasteiger partial charge in [0, 0.05) is 23.7 Å². The molecule has 1 heterocycles. The highest BCUT2D eigenvalue weighted by Gasteiger charge is 2.31. The molecule has 1 aliphatic heterocycles. The molecule has 1 N–H and O–H groups in total. The second-order valence-electron chi connectivity index (χ2n) is 6.79. The third-order valence-electron chi connectivity index (χ3n) is 4.34. The highest BCUT2D eigenvalue weighted by molar-refractivity contribution is 8.26. The summed E-state index contributed by atoms with van der Waals surface area (Å²) in [5, 5.41) is 3.43. The van der Waals surface area contributed by atoms with Gasteiger partial charge in [0.25, 0.3) is 5.91 Å². The fourth-order valence-corrected chi connectivity index (χ4v) is 4.39. The van der Waals surface area contributed by atoms with E-state index in [1.54, 1.807) is 29.2 Å². The average Bonchev–Trinajstić information content (AvgIpc) is 2.97. The zero-order chi connectivity index (χ0) is 21.5. The van der Waals surface area contributed by atoms with Crippen LogP contribution in [0.3, 0.4) is 0 Å². The first-order valence-corrected chi connectivity index (χ1v) is 11.1. The second-order valence-corrected chi connectivity index (χ2v) is 8.90. The molecule has 0 saturated carbocycles. The lowest BCUT2D eigenvalue weighted by Gasteiger charge is -2.14. The summed E-state index contributed by atoms with van der Waals surface area (Å²) in [5.41, 5.74) is 2.75. The van der Waals surface area contributed by atoms with Crippen LogP contribution in [0.25, 0.3) is 6.08 Å². The van der Waals surface area contributed by atoms with Crippen molar-refractivity contribution in [1.29, 1.82) is 0 Å². The number of benzene rings is 2. The molecular formula is C23H21ClN2O2S2. The molecule has 3 rings (SSSR count). The number of anilines is 1. The summed E-state index contributed by atoms with van der Waals surface area (Å²) in [6, 6.07) is 16.9. The number of nitrogens with one attached hydrogen (secondary N) is 1. The van der Waals surface area contributed by atoms with Crippen LogP contribution in [-0.4, -0.2) is 27.6 Å². The smallest absolute Gasteiger partial charge is 0.266 e. The molecule has 0 radical (unpaired) electrons. The topological polar surface area (TPSA) is 49.4 Å². The predicted octanol–water partition coefficient (Wildman–Crippen LogP) is 5.91. The Kier molecular flexibility index (Phi) is 7.85. The van der Waals surface area contributed by atoms with E-state index in [0.717, 1.165) is 11.1 Å². The number of thioether (sulfide) groups is 1. The Morgan fingerprint density at radius 1 is 1.17 bits per heavy atom. The van der Waals surface area contributed by atoms with Gasteiger partial charge in [0.1, 0.15) is 4.32 Å². The number of carbonyl (C=O) groups is 2. The van der Waals surface area contributed by atoms with Gasteiger partial charge in [-0.1, -0.05) is 72.0 Å². The van der Waals surface area contributed by atoms with E-state index in [0.29, 0.717) is 39.3 Å². The minimum atomic E-state index is -0.111. The van der Waals surface area contributed by atoms with Gasteiger partial charge in [0.05, 0.1) is 4.91 Å². The number of halogens is 1. The molecule has 0 unspecified atom stereocenters. The van der Waals surface area contributed by atoms with Crippen molar-refractivity contribution in [1.82, 2.24) is 4.90 Å². The van der Waals surface area contributed by atoms with Crippen molar-refractivity contribution in [3.05, 3.63) is 81.7 Å². The lowest BCUT2D eigenvalue weighted by atomic mass is 10.1. The lowest BCUT2D eigenvalue weighted by Crippen LogP contribution is -2.29. The molecule has 0 aliphatic carbocycles. The van der Waals surface area contributed by atoms with Crippen molar-refractivity contribution in [2.75, 3.05) is 11.9 Å². The number of allylic oxidation sites excluding steroid dienone is 2. The van der Waals surface area contributed by atoms with E-state index in [-0.39, 0.29) is 11.8 Å². The number of hydrogen-bond donors (Lipinski definition) is 1. The summed E-state index contributed by atoms with van der Waals surface area (Å²) in [6.07, 6.45) is 4.71. The first-order chi connectivity index (χ1) is 14.4. The molecule has 1 fully saturated rings. The van der Waals surface area contributed by atoms with E-state index >= 15 is 0 Å². The van der Waals surface area contributed by atoms with Crippen LogP contribution in [0.1, 0.15) is 25.3 Å². The molecule has 30 heavy (non-hydrogen) atoms. The minimum absolute atomic E-state index is 0.107. The van der Waals surface area contributed by atoms with Gasteiger partial charge in [-0.3, -0.25) is 14.5 Å². The van der Waals surface area contributed by atoms with Crippen molar-refractivity contribution in [2.24, 2.45) is 0 Å². The van der Waals surface area contributed by atoms with Crippen molar-refractivity contribution < 1.29 is 9.59 Å². The Hall–Kier alpha value is -2.41. The summed E-state index contributed by atoms with van der Waals surface area (Å²) in [4.78, 5) is 27.0. The van der Waals surface area contributed by atoms with Gasteiger partial charge in [0.2, 0.25) is 5.91 Å². The molecule has 4 nitrogen and oxygen atoms in total. The first-order valence-electron chi connectivity index (χ1n) is 9.46. The highest BCUT2D eigenvalue weighted by Crippen LogP contribution is 2.32. The zero-order valence-corrected chi connectivity index (χ0v) is 18.8. The van der Waals surface area contributed by atoms with E-state index in [2.05, 4.69) is 5.32 Å². The average molecular weight is 457 g/mol. The van der Waals surface area contributed by atoms with Gasteiger partial charge in [-0.05, 0) is 54.8 Å². The van der Waals surface area contributed by atoms with Gasteiger partial charge in [0.15, 0.2) is 0 Å². The number of thiocarbonyl (C=S) groups is 1. The molecule has 154 valence electrons. The summed E-state index contributed by atoms with van der Waals surface area (Å²) < 4.78 is 0.525. The molecule has 1 aliphatic rings. The van der Waals surface area contributed by atoms with Crippen molar-refractivity contribution >= 4 is 63.5 Å². The number of amides is 2. The van der Waals surface area contributed by atoms with Crippen LogP contribution < -0.4 is 5.32 Å². The third kappa shape index (κ3) is 6.29.